The van der Waals surface area contributed by atoms with Crippen molar-refractivity contribution in [2.24, 2.45) is 4.99 Å². The summed E-state index contributed by atoms with van der Waals surface area (Å²) in [6.07, 6.45) is 1.02. The standard InChI is InChI=1S/C23H34N4O2.HI/c1-18(20-7-11-22(29-4)12-8-20)13-14-26-23(24-2)27-17-19-5-9-21(10-6-19)25-15-16-28-3;/h5-12,18,25H,13-17H2,1-4H3,(H2,24,26,27);1H. The number of nitrogens with zero attached hydrogens (tertiary/aromatic N) is 1. The molecule has 0 spiro atoms. The van der Waals surface area contributed by atoms with Crippen molar-refractivity contribution in [1.82, 2.24) is 10.6 Å². The molecule has 1 unspecified atom stereocenters. The van der Waals surface area contributed by atoms with Crippen LogP contribution < -0.4 is 20.7 Å². The van der Waals surface area contributed by atoms with Gasteiger partial charge in [-0.05, 0) is 47.7 Å². The summed E-state index contributed by atoms with van der Waals surface area (Å²) in [6.45, 7) is 5.32. The van der Waals surface area contributed by atoms with Crippen molar-refractivity contribution in [3.8, 4) is 5.75 Å². The number of aliphatic imine (C=N–C) groups is 1. The summed E-state index contributed by atoms with van der Waals surface area (Å²) in [5.74, 6) is 2.17. The van der Waals surface area contributed by atoms with Crippen molar-refractivity contribution >= 4 is 35.6 Å². The van der Waals surface area contributed by atoms with Crippen LogP contribution in [0, 0.1) is 0 Å². The molecule has 3 N–H and O–H groups in total. The molecule has 0 saturated carbocycles. The van der Waals surface area contributed by atoms with Crippen molar-refractivity contribution in [2.75, 3.05) is 46.3 Å². The van der Waals surface area contributed by atoms with Gasteiger partial charge in [0.2, 0.25) is 0 Å². The van der Waals surface area contributed by atoms with E-state index in [4.69, 9.17) is 9.47 Å². The van der Waals surface area contributed by atoms with Crippen molar-refractivity contribution in [2.45, 2.75) is 25.8 Å². The molecule has 2 aromatic rings. The molecule has 0 radical (unpaired) electrons. The molecule has 0 saturated heterocycles. The number of hydrogen-bond donors (Lipinski definition) is 3. The Kier molecular flexibility index (Phi) is 12.9. The third-order valence-corrected chi connectivity index (χ3v) is 4.83. The zero-order valence-electron chi connectivity index (χ0n) is 18.4. The summed E-state index contributed by atoms with van der Waals surface area (Å²) >= 11 is 0. The highest BCUT2D eigenvalue weighted by molar-refractivity contribution is 14.0. The van der Waals surface area contributed by atoms with Crippen LogP contribution in [-0.4, -0.2) is 46.9 Å². The number of nitrogens with one attached hydrogen (secondary N) is 3. The fourth-order valence-electron chi connectivity index (χ4n) is 2.95. The van der Waals surface area contributed by atoms with E-state index in [1.807, 2.05) is 12.1 Å². The summed E-state index contributed by atoms with van der Waals surface area (Å²) in [7, 11) is 5.19. The molecule has 0 aliphatic heterocycles. The Morgan fingerprint density at radius 2 is 1.67 bits per heavy atom. The maximum atomic E-state index is 5.22. The average Bonchev–Trinajstić information content (AvgIpc) is 2.77. The van der Waals surface area contributed by atoms with E-state index in [2.05, 4.69) is 64.3 Å². The molecule has 0 amide bonds. The molecule has 30 heavy (non-hydrogen) atoms. The molecular weight excluding hydrogens is 491 g/mol. The number of rotatable bonds is 11. The van der Waals surface area contributed by atoms with Crippen LogP contribution in [0.2, 0.25) is 0 Å². The second-order valence-electron chi connectivity index (χ2n) is 6.93. The van der Waals surface area contributed by atoms with Crippen LogP contribution in [0.1, 0.15) is 30.4 Å². The van der Waals surface area contributed by atoms with E-state index in [1.54, 1.807) is 21.3 Å². The Balaban J connectivity index is 0.00000450. The molecule has 2 rings (SSSR count). The summed E-state index contributed by atoms with van der Waals surface area (Å²) in [5, 5.41) is 10.1. The highest BCUT2D eigenvalue weighted by Crippen LogP contribution is 2.21. The highest BCUT2D eigenvalue weighted by Gasteiger charge is 2.06. The van der Waals surface area contributed by atoms with Crippen LogP contribution in [0.4, 0.5) is 5.69 Å². The lowest BCUT2D eigenvalue weighted by molar-refractivity contribution is 0.211. The van der Waals surface area contributed by atoms with Crippen molar-refractivity contribution in [3.63, 3.8) is 0 Å². The number of guanidine groups is 1. The first-order valence-corrected chi connectivity index (χ1v) is 10.1. The summed E-state index contributed by atoms with van der Waals surface area (Å²) in [6, 6.07) is 16.7. The molecule has 0 aliphatic rings. The monoisotopic (exact) mass is 526 g/mol. The fourth-order valence-corrected chi connectivity index (χ4v) is 2.95. The molecule has 7 heteroatoms. The third kappa shape index (κ3) is 9.21. The van der Waals surface area contributed by atoms with Gasteiger partial charge in [-0.15, -0.1) is 24.0 Å². The first-order valence-electron chi connectivity index (χ1n) is 10.1. The van der Waals surface area contributed by atoms with Crippen LogP contribution in [0.5, 0.6) is 5.75 Å². The van der Waals surface area contributed by atoms with Gasteiger partial charge in [0.15, 0.2) is 5.96 Å². The van der Waals surface area contributed by atoms with E-state index in [9.17, 15) is 0 Å². The number of anilines is 1. The lowest BCUT2D eigenvalue weighted by Crippen LogP contribution is -2.37. The van der Waals surface area contributed by atoms with Gasteiger partial charge in [0.05, 0.1) is 13.7 Å². The van der Waals surface area contributed by atoms with E-state index >= 15 is 0 Å². The third-order valence-electron chi connectivity index (χ3n) is 4.83. The fraction of sp³-hybridized carbons (Fsp3) is 0.435. The van der Waals surface area contributed by atoms with Gasteiger partial charge in [-0.1, -0.05) is 31.2 Å². The quantitative estimate of drug-likeness (QED) is 0.177. The molecule has 0 bridgehead atoms. The van der Waals surface area contributed by atoms with Crippen LogP contribution in [0.15, 0.2) is 53.5 Å². The largest absolute Gasteiger partial charge is 0.497 e. The Labute approximate surface area is 197 Å². The number of benzene rings is 2. The molecule has 0 aliphatic carbocycles. The number of hydrogen-bond acceptors (Lipinski definition) is 4. The molecule has 1 atom stereocenters. The van der Waals surface area contributed by atoms with Crippen molar-refractivity contribution in [3.05, 3.63) is 59.7 Å². The molecule has 0 fully saturated rings. The number of ether oxygens (including phenoxy) is 2. The zero-order chi connectivity index (χ0) is 20.9. The maximum absolute atomic E-state index is 5.22. The Morgan fingerprint density at radius 1 is 0.967 bits per heavy atom. The Hall–Kier alpha value is -2.00. The molecule has 2 aromatic carbocycles. The molecule has 0 heterocycles. The SMILES string of the molecule is CN=C(NCCC(C)c1ccc(OC)cc1)NCc1ccc(NCCOC)cc1.I. The summed E-state index contributed by atoms with van der Waals surface area (Å²) in [5.41, 5.74) is 3.62. The second kappa shape index (κ2) is 14.9. The van der Waals surface area contributed by atoms with Gasteiger partial charge in [-0.25, -0.2) is 0 Å². The highest BCUT2D eigenvalue weighted by atomic mass is 127. The van der Waals surface area contributed by atoms with Crippen molar-refractivity contribution in [1.29, 1.82) is 0 Å². The molecule has 6 nitrogen and oxygen atoms in total. The first-order chi connectivity index (χ1) is 14.2. The normalized spacial score (nSPS) is 11.9. The van der Waals surface area contributed by atoms with E-state index in [0.29, 0.717) is 12.5 Å². The summed E-state index contributed by atoms with van der Waals surface area (Å²) < 4.78 is 10.3. The predicted molar refractivity (Wildman–Crippen MR) is 136 cm³/mol. The van der Waals surface area contributed by atoms with E-state index in [1.165, 1.54) is 11.1 Å². The van der Waals surface area contributed by atoms with E-state index < -0.39 is 0 Å². The van der Waals surface area contributed by atoms with Crippen LogP contribution >= 0.6 is 24.0 Å². The minimum Gasteiger partial charge on any atom is -0.497 e. The minimum absolute atomic E-state index is 0. The topological polar surface area (TPSA) is 66.9 Å². The molecule has 166 valence electrons. The molecule has 0 aromatic heterocycles. The first kappa shape index (κ1) is 26.0. The number of halogens is 1. The smallest absolute Gasteiger partial charge is 0.191 e. The Morgan fingerprint density at radius 3 is 2.27 bits per heavy atom. The van der Waals surface area contributed by atoms with E-state index in [-0.39, 0.29) is 24.0 Å². The van der Waals surface area contributed by atoms with Gasteiger partial charge in [-0.3, -0.25) is 4.99 Å². The van der Waals surface area contributed by atoms with Gasteiger partial charge < -0.3 is 25.4 Å². The van der Waals surface area contributed by atoms with Crippen molar-refractivity contribution < 1.29 is 9.47 Å². The van der Waals surface area contributed by atoms with Gasteiger partial charge in [0, 0.05) is 39.5 Å². The van der Waals surface area contributed by atoms with Crippen LogP contribution in [-0.2, 0) is 11.3 Å². The minimum atomic E-state index is 0. The van der Waals surface area contributed by atoms with Gasteiger partial charge >= 0.3 is 0 Å². The van der Waals surface area contributed by atoms with Crippen LogP contribution in [0.3, 0.4) is 0 Å². The van der Waals surface area contributed by atoms with Gasteiger partial charge in [0.25, 0.3) is 0 Å². The number of methoxy groups -OCH3 is 2. The molecular formula is C23H35IN4O2. The van der Waals surface area contributed by atoms with E-state index in [0.717, 1.165) is 43.5 Å². The lowest BCUT2D eigenvalue weighted by atomic mass is 9.98. The van der Waals surface area contributed by atoms with Crippen LogP contribution in [0.25, 0.3) is 0 Å². The average molecular weight is 526 g/mol. The predicted octanol–water partition coefficient (Wildman–Crippen LogP) is 4.23. The Bertz CT molecular complexity index is 736. The van der Waals surface area contributed by atoms with Gasteiger partial charge in [-0.2, -0.15) is 0 Å². The summed E-state index contributed by atoms with van der Waals surface area (Å²) in [4.78, 5) is 4.31. The lowest BCUT2D eigenvalue weighted by Gasteiger charge is -2.16. The second-order valence-corrected chi connectivity index (χ2v) is 6.93. The van der Waals surface area contributed by atoms with Gasteiger partial charge in [0.1, 0.15) is 5.75 Å². The maximum Gasteiger partial charge on any atom is 0.191 e. The zero-order valence-corrected chi connectivity index (χ0v) is 20.7.